The molecule has 0 radical (unpaired) electrons. The van der Waals surface area contributed by atoms with Gasteiger partial charge in [-0.1, -0.05) is 11.6 Å². The van der Waals surface area contributed by atoms with E-state index < -0.39 is 5.97 Å². The van der Waals surface area contributed by atoms with Crippen LogP contribution in [0.4, 0.5) is 0 Å². The van der Waals surface area contributed by atoms with Gasteiger partial charge >= 0.3 is 5.97 Å². The Bertz CT molecular complexity index is 631. The van der Waals surface area contributed by atoms with Crippen molar-refractivity contribution < 1.29 is 19.4 Å². The first-order valence-corrected chi connectivity index (χ1v) is 6.62. The van der Waals surface area contributed by atoms with Crippen molar-refractivity contribution in [3.8, 4) is 11.5 Å². The predicted molar refractivity (Wildman–Crippen MR) is 78.4 cm³/mol. The van der Waals surface area contributed by atoms with Gasteiger partial charge in [-0.15, -0.1) is 0 Å². The molecule has 2 aromatic rings. The summed E-state index contributed by atoms with van der Waals surface area (Å²) in [6, 6.07) is 6.52. The molecule has 0 spiro atoms. The molecule has 0 aliphatic heterocycles. The zero-order valence-electron chi connectivity index (χ0n) is 11.4. The highest BCUT2D eigenvalue weighted by Gasteiger charge is 2.15. The number of pyridine rings is 1. The average molecular weight is 308 g/mol. The molecule has 5 nitrogen and oxygen atoms in total. The maximum absolute atomic E-state index is 11.0. The van der Waals surface area contributed by atoms with E-state index in [1.165, 1.54) is 19.2 Å². The van der Waals surface area contributed by atoms with Gasteiger partial charge in [-0.05, 0) is 29.8 Å². The average Bonchev–Trinajstić information content (AvgIpc) is 2.49. The first-order valence-electron chi connectivity index (χ1n) is 6.24. The van der Waals surface area contributed by atoms with E-state index in [2.05, 4.69) is 4.98 Å². The molecule has 0 atom stereocenters. The lowest BCUT2D eigenvalue weighted by Gasteiger charge is -2.13. The molecule has 0 bridgehead atoms. The van der Waals surface area contributed by atoms with Crippen molar-refractivity contribution in [2.75, 3.05) is 13.7 Å². The molecule has 0 aliphatic carbocycles. The maximum Gasteiger partial charge on any atom is 0.335 e. The predicted octanol–water partition coefficient (Wildman–Crippen LogP) is 3.06. The number of aromatic carboxylic acids is 1. The summed E-state index contributed by atoms with van der Waals surface area (Å²) in [4.78, 5) is 14.9. The van der Waals surface area contributed by atoms with Crippen LogP contribution >= 0.6 is 11.6 Å². The summed E-state index contributed by atoms with van der Waals surface area (Å²) in [5.41, 5.74) is 1.14. The number of hydrogen-bond acceptors (Lipinski definition) is 4. The van der Waals surface area contributed by atoms with Crippen molar-refractivity contribution in [1.29, 1.82) is 0 Å². The third kappa shape index (κ3) is 3.86. The lowest BCUT2D eigenvalue weighted by Crippen LogP contribution is -2.05. The highest BCUT2D eigenvalue weighted by Crippen LogP contribution is 2.36. The Hall–Kier alpha value is -2.27. The molecule has 0 fully saturated rings. The third-order valence-corrected chi connectivity index (χ3v) is 3.14. The molecule has 0 saturated carbocycles. The molecule has 0 aliphatic rings. The first-order chi connectivity index (χ1) is 10.1. The van der Waals surface area contributed by atoms with Crippen molar-refractivity contribution in [1.82, 2.24) is 4.98 Å². The first kappa shape index (κ1) is 15.1. The lowest BCUT2D eigenvalue weighted by molar-refractivity contribution is 0.0696. The van der Waals surface area contributed by atoms with Crippen molar-refractivity contribution >= 4 is 17.6 Å². The van der Waals surface area contributed by atoms with Gasteiger partial charge in [-0.2, -0.15) is 0 Å². The zero-order valence-corrected chi connectivity index (χ0v) is 12.1. The van der Waals surface area contributed by atoms with E-state index in [9.17, 15) is 4.79 Å². The van der Waals surface area contributed by atoms with E-state index in [0.29, 0.717) is 24.5 Å². The van der Waals surface area contributed by atoms with Crippen molar-refractivity contribution in [3.05, 3.63) is 52.8 Å². The van der Waals surface area contributed by atoms with Crippen LogP contribution in [0.1, 0.15) is 15.9 Å². The summed E-state index contributed by atoms with van der Waals surface area (Å²) < 4.78 is 10.8. The molecule has 6 heteroatoms. The van der Waals surface area contributed by atoms with Gasteiger partial charge in [0.25, 0.3) is 0 Å². The van der Waals surface area contributed by atoms with Gasteiger partial charge in [0.05, 0.1) is 24.3 Å². The molecule has 0 amide bonds. The minimum absolute atomic E-state index is 0.0540. The van der Waals surface area contributed by atoms with Gasteiger partial charge in [0, 0.05) is 18.8 Å². The highest BCUT2D eigenvalue weighted by atomic mass is 35.5. The zero-order chi connectivity index (χ0) is 15.2. The number of aromatic nitrogens is 1. The van der Waals surface area contributed by atoms with Crippen LogP contribution in [-0.4, -0.2) is 29.8 Å². The largest absolute Gasteiger partial charge is 0.493 e. The Balaban J connectivity index is 2.10. The van der Waals surface area contributed by atoms with Gasteiger partial charge in [-0.25, -0.2) is 4.79 Å². The summed E-state index contributed by atoms with van der Waals surface area (Å²) in [5.74, 6) is -0.425. The minimum Gasteiger partial charge on any atom is -0.493 e. The normalized spacial score (nSPS) is 10.2. The van der Waals surface area contributed by atoms with E-state index in [1.807, 2.05) is 12.1 Å². The number of carboxylic acid groups (broad SMARTS) is 1. The fourth-order valence-electron chi connectivity index (χ4n) is 1.80. The highest BCUT2D eigenvalue weighted by molar-refractivity contribution is 6.32. The molecular formula is C15H14ClNO4. The number of hydrogen-bond donors (Lipinski definition) is 1. The summed E-state index contributed by atoms with van der Waals surface area (Å²) >= 11 is 6.06. The van der Waals surface area contributed by atoms with E-state index >= 15 is 0 Å². The molecular weight excluding hydrogens is 294 g/mol. The number of nitrogens with zero attached hydrogens (tertiary/aromatic N) is 1. The van der Waals surface area contributed by atoms with Crippen LogP contribution in [0.5, 0.6) is 11.5 Å². The van der Waals surface area contributed by atoms with E-state index in [-0.39, 0.29) is 10.6 Å². The second kappa shape index (κ2) is 6.95. The third-order valence-electron chi connectivity index (χ3n) is 2.86. The topological polar surface area (TPSA) is 68.7 Å². The molecule has 2 rings (SSSR count). The standard InChI is InChI=1S/C15H14ClNO4/c1-20-13-9-11(15(18)19)8-12(16)14(13)21-7-4-10-2-5-17-6-3-10/h2-3,5-6,8-9H,4,7H2,1H3,(H,18,19). The number of ether oxygens (including phenoxy) is 2. The summed E-state index contributed by atoms with van der Waals surface area (Å²) in [6.45, 7) is 0.395. The fraction of sp³-hybridized carbons (Fsp3) is 0.200. The molecule has 1 aromatic heterocycles. The quantitative estimate of drug-likeness (QED) is 0.888. The number of rotatable bonds is 6. The molecule has 1 heterocycles. The van der Waals surface area contributed by atoms with Gasteiger partial charge in [0.1, 0.15) is 0 Å². The molecule has 110 valence electrons. The minimum atomic E-state index is -1.07. The van der Waals surface area contributed by atoms with Crippen LogP contribution in [0.2, 0.25) is 5.02 Å². The smallest absolute Gasteiger partial charge is 0.335 e. The molecule has 0 unspecified atom stereocenters. The van der Waals surface area contributed by atoms with E-state index in [4.69, 9.17) is 26.2 Å². The van der Waals surface area contributed by atoms with Crippen LogP contribution in [0.15, 0.2) is 36.7 Å². The van der Waals surface area contributed by atoms with Gasteiger partial charge < -0.3 is 14.6 Å². The number of carboxylic acids is 1. The van der Waals surface area contributed by atoms with Crippen LogP contribution in [0, 0.1) is 0 Å². The van der Waals surface area contributed by atoms with Crippen LogP contribution in [-0.2, 0) is 6.42 Å². The maximum atomic E-state index is 11.0. The van der Waals surface area contributed by atoms with E-state index in [1.54, 1.807) is 12.4 Å². The molecule has 1 aromatic carbocycles. The van der Waals surface area contributed by atoms with Crippen molar-refractivity contribution in [3.63, 3.8) is 0 Å². The van der Waals surface area contributed by atoms with Gasteiger partial charge in [-0.3, -0.25) is 4.98 Å². The van der Waals surface area contributed by atoms with Crippen molar-refractivity contribution in [2.24, 2.45) is 0 Å². The fourth-order valence-corrected chi connectivity index (χ4v) is 2.07. The molecule has 1 N–H and O–H groups in total. The summed E-state index contributed by atoms with van der Waals surface area (Å²) in [5, 5.41) is 9.19. The van der Waals surface area contributed by atoms with Gasteiger partial charge in [0.15, 0.2) is 11.5 Å². The monoisotopic (exact) mass is 307 g/mol. The second-order valence-corrected chi connectivity index (χ2v) is 4.66. The van der Waals surface area contributed by atoms with E-state index in [0.717, 1.165) is 5.56 Å². The SMILES string of the molecule is COc1cc(C(=O)O)cc(Cl)c1OCCc1ccncc1. The van der Waals surface area contributed by atoms with Crippen molar-refractivity contribution in [2.45, 2.75) is 6.42 Å². The Morgan fingerprint density at radius 3 is 2.67 bits per heavy atom. The summed E-state index contributed by atoms with van der Waals surface area (Å²) in [7, 11) is 1.44. The van der Waals surface area contributed by atoms with Crippen LogP contribution in [0.25, 0.3) is 0 Å². The Morgan fingerprint density at radius 1 is 1.33 bits per heavy atom. The Kier molecular flexibility index (Phi) is 5.00. The number of halogens is 1. The molecule has 0 saturated heterocycles. The Labute approximate surface area is 127 Å². The number of methoxy groups -OCH3 is 1. The van der Waals surface area contributed by atoms with Gasteiger partial charge in [0.2, 0.25) is 0 Å². The van der Waals surface area contributed by atoms with Crippen LogP contribution in [0.3, 0.4) is 0 Å². The summed E-state index contributed by atoms with van der Waals surface area (Å²) in [6.07, 6.45) is 4.11. The molecule has 21 heavy (non-hydrogen) atoms. The number of carbonyl (C=O) groups is 1. The lowest BCUT2D eigenvalue weighted by atomic mass is 10.2. The van der Waals surface area contributed by atoms with Crippen LogP contribution < -0.4 is 9.47 Å². The second-order valence-electron chi connectivity index (χ2n) is 4.25. The Morgan fingerprint density at radius 2 is 2.05 bits per heavy atom. The number of benzene rings is 1.